The number of nitrogens with zero attached hydrogens (tertiary/aromatic N) is 3. The molecule has 0 saturated carbocycles. The highest BCUT2D eigenvalue weighted by atomic mass is 16.4. The molecule has 0 amide bonds. The highest BCUT2D eigenvalue weighted by Gasteiger charge is 2.17. The molecule has 2 aromatic heterocycles. The van der Waals surface area contributed by atoms with Crippen LogP contribution >= 0.6 is 0 Å². The van der Waals surface area contributed by atoms with E-state index in [1.54, 1.807) is 0 Å². The molecule has 1 N–H and O–H groups in total. The van der Waals surface area contributed by atoms with Gasteiger partial charge in [-0.1, -0.05) is 0 Å². The summed E-state index contributed by atoms with van der Waals surface area (Å²) in [6, 6.07) is 1.93. The van der Waals surface area contributed by atoms with Crippen molar-refractivity contribution in [1.82, 2.24) is 20.4 Å². The molecule has 1 fully saturated rings. The van der Waals surface area contributed by atoms with Crippen molar-refractivity contribution in [3.8, 4) is 11.5 Å². The topological polar surface area (TPSA) is 67.3 Å². The molecular weight excluding hydrogens is 244 g/mol. The van der Waals surface area contributed by atoms with Gasteiger partial charge in [0, 0.05) is 26.2 Å². The summed E-state index contributed by atoms with van der Waals surface area (Å²) in [5, 5.41) is 11.5. The van der Waals surface area contributed by atoms with Crippen molar-refractivity contribution in [1.29, 1.82) is 0 Å². The second kappa shape index (κ2) is 5.14. The lowest BCUT2D eigenvalue weighted by Gasteiger charge is -2.25. The number of furan rings is 1. The average Bonchev–Trinajstić information content (AvgIpc) is 2.97. The number of hydrogen-bond acceptors (Lipinski definition) is 6. The van der Waals surface area contributed by atoms with Crippen molar-refractivity contribution >= 4 is 0 Å². The van der Waals surface area contributed by atoms with E-state index in [1.165, 1.54) is 0 Å². The van der Waals surface area contributed by atoms with E-state index in [-0.39, 0.29) is 0 Å². The van der Waals surface area contributed by atoms with Crippen molar-refractivity contribution in [2.24, 2.45) is 0 Å². The van der Waals surface area contributed by atoms with Gasteiger partial charge in [0.1, 0.15) is 11.5 Å². The second-order valence-electron chi connectivity index (χ2n) is 4.85. The third kappa shape index (κ3) is 2.69. The number of aromatic nitrogens is 2. The van der Waals surface area contributed by atoms with Gasteiger partial charge in [0.2, 0.25) is 5.89 Å². The SMILES string of the molecule is Cc1cc(-c2nnc(CN3CCNCC3)o2)c(C)o1. The smallest absolute Gasteiger partial charge is 0.251 e. The summed E-state index contributed by atoms with van der Waals surface area (Å²) in [5.74, 6) is 2.87. The number of piperazine rings is 1. The van der Waals surface area contributed by atoms with Gasteiger partial charge in [-0.15, -0.1) is 10.2 Å². The Kier molecular flexibility index (Phi) is 3.35. The predicted molar refractivity (Wildman–Crippen MR) is 69.6 cm³/mol. The molecule has 19 heavy (non-hydrogen) atoms. The first-order valence-electron chi connectivity index (χ1n) is 6.55. The number of rotatable bonds is 3. The van der Waals surface area contributed by atoms with Crippen molar-refractivity contribution in [3.05, 3.63) is 23.5 Å². The zero-order valence-electron chi connectivity index (χ0n) is 11.3. The van der Waals surface area contributed by atoms with Gasteiger partial charge in [-0.2, -0.15) is 0 Å². The first kappa shape index (κ1) is 12.4. The van der Waals surface area contributed by atoms with Crippen molar-refractivity contribution in [2.45, 2.75) is 20.4 Å². The zero-order chi connectivity index (χ0) is 13.2. The minimum Gasteiger partial charge on any atom is -0.466 e. The maximum Gasteiger partial charge on any atom is 0.251 e. The number of hydrogen-bond donors (Lipinski definition) is 1. The zero-order valence-corrected chi connectivity index (χ0v) is 11.3. The van der Waals surface area contributed by atoms with Crippen LogP contribution in [0.2, 0.25) is 0 Å². The molecule has 6 heteroatoms. The van der Waals surface area contributed by atoms with Gasteiger partial charge >= 0.3 is 0 Å². The monoisotopic (exact) mass is 262 g/mol. The lowest BCUT2D eigenvalue weighted by molar-refractivity contribution is 0.213. The molecule has 1 aliphatic heterocycles. The van der Waals surface area contributed by atoms with E-state index in [0.717, 1.165) is 43.3 Å². The molecule has 0 aliphatic carbocycles. The Bertz CT molecular complexity index is 555. The summed E-state index contributed by atoms with van der Waals surface area (Å²) in [5.41, 5.74) is 0.886. The van der Waals surface area contributed by atoms with Gasteiger partial charge < -0.3 is 14.2 Å². The summed E-state index contributed by atoms with van der Waals surface area (Å²) >= 11 is 0. The fraction of sp³-hybridized carbons (Fsp3) is 0.538. The van der Waals surface area contributed by atoms with Crippen LogP contribution < -0.4 is 5.32 Å². The lowest BCUT2D eigenvalue weighted by Crippen LogP contribution is -2.42. The molecule has 1 saturated heterocycles. The Morgan fingerprint density at radius 3 is 2.68 bits per heavy atom. The van der Waals surface area contributed by atoms with Gasteiger partial charge in [0.25, 0.3) is 5.89 Å². The summed E-state index contributed by atoms with van der Waals surface area (Å²) in [6.45, 7) is 8.59. The normalized spacial score (nSPS) is 16.9. The van der Waals surface area contributed by atoms with E-state index in [4.69, 9.17) is 8.83 Å². The van der Waals surface area contributed by atoms with Gasteiger partial charge in [0.05, 0.1) is 12.1 Å². The molecule has 1 aliphatic rings. The molecule has 6 nitrogen and oxygen atoms in total. The van der Waals surface area contributed by atoms with E-state index in [1.807, 2.05) is 19.9 Å². The summed E-state index contributed by atoms with van der Waals surface area (Å²) in [6.07, 6.45) is 0. The highest BCUT2D eigenvalue weighted by molar-refractivity contribution is 5.55. The maximum atomic E-state index is 5.72. The molecule has 0 aromatic carbocycles. The van der Waals surface area contributed by atoms with Crippen LogP contribution in [0.4, 0.5) is 0 Å². The van der Waals surface area contributed by atoms with Crippen molar-refractivity contribution in [2.75, 3.05) is 26.2 Å². The van der Waals surface area contributed by atoms with Crippen molar-refractivity contribution in [3.63, 3.8) is 0 Å². The Balaban J connectivity index is 1.74. The van der Waals surface area contributed by atoms with Gasteiger partial charge in [-0.25, -0.2) is 0 Å². The average molecular weight is 262 g/mol. The third-order valence-electron chi connectivity index (χ3n) is 3.31. The van der Waals surface area contributed by atoms with Crippen LogP contribution in [0.5, 0.6) is 0 Å². The van der Waals surface area contributed by atoms with E-state index >= 15 is 0 Å². The largest absolute Gasteiger partial charge is 0.466 e. The summed E-state index contributed by atoms with van der Waals surface area (Å²) in [4.78, 5) is 2.31. The molecule has 0 spiro atoms. The standard InChI is InChI=1S/C13H18N4O2/c1-9-7-11(10(2)18-9)13-16-15-12(19-13)8-17-5-3-14-4-6-17/h7,14H,3-6,8H2,1-2H3. The first-order valence-corrected chi connectivity index (χ1v) is 6.55. The van der Waals surface area contributed by atoms with Gasteiger partial charge in [-0.05, 0) is 19.9 Å². The molecule has 0 atom stereocenters. The predicted octanol–water partition coefficient (Wildman–Crippen LogP) is 1.35. The minimum absolute atomic E-state index is 0.541. The fourth-order valence-electron chi connectivity index (χ4n) is 2.33. The first-order chi connectivity index (χ1) is 9.22. The molecule has 3 rings (SSSR count). The van der Waals surface area contributed by atoms with Crippen LogP contribution in [0.25, 0.3) is 11.5 Å². The van der Waals surface area contributed by atoms with E-state index in [0.29, 0.717) is 18.3 Å². The van der Waals surface area contributed by atoms with Crippen LogP contribution in [0, 0.1) is 13.8 Å². The van der Waals surface area contributed by atoms with Crippen LogP contribution in [-0.2, 0) is 6.54 Å². The van der Waals surface area contributed by atoms with E-state index < -0.39 is 0 Å². The molecule has 102 valence electrons. The lowest BCUT2D eigenvalue weighted by atomic mass is 10.2. The van der Waals surface area contributed by atoms with E-state index in [9.17, 15) is 0 Å². The Hall–Kier alpha value is -1.66. The van der Waals surface area contributed by atoms with E-state index in [2.05, 4.69) is 20.4 Å². The number of aryl methyl sites for hydroxylation is 2. The van der Waals surface area contributed by atoms with Crippen LogP contribution in [0.3, 0.4) is 0 Å². The Morgan fingerprint density at radius 1 is 1.21 bits per heavy atom. The molecule has 0 unspecified atom stereocenters. The quantitative estimate of drug-likeness (QED) is 0.900. The molecule has 0 radical (unpaired) electrons. The summed E-state index contributed by atoms with van der Waals surface area (Å²) < 4.78 is 11.2. The molecule has 0 bridgehead atoms. The Morgan fingerprint density at radius 2 is 2.00 bits per heavy atom. The fourth-order valence-corrected chi connectivity index (χ4v) is 2.33. The van der Waals surface area contributed by atoms with Crippen LogP contribution in [0.1, 0.15) is 17.4 Å². The van der Waals surface area contributed by atoms with Crippen LogP contribution in [0.15, 0.2) is 14.9 Å². The summed E-state index contributed by atoms with van der Waals surface area (Å²) in [7, 11) is 0. The molecular formula is C13H18N4O2. The minimum atomic E-state index is 0.541. The van der Waals surface area contributed by atoms with Crippen LogP contribution in [-0.4, -0.2) is 41.3 Å². The molecule has 3 heterocycles. The maximum absolute atomic E-state index is 5.72. The second-order valence-corrected chi connectivity index (χ2v) is 4.85. The van der Waals surface area contributed by atoms with Gasteiger partial charge in [-0.3, -0.25) is 4.90 Å². The Labute approximate surface area is 111 Å². The van der Waals surface area contributed by atoms with Crippen molar-refractivity contribution < 1.29 is 8.83 Å². The van der Waals surface area contributed by atoms with Gasteiger partial charge in [0.15, 0.2) is 0 Å². The highest BCUT2D eigenvalue weighted by Crippen LogP contribution is 2.25. The molecule has 2 aromatic rings. The third-order valence-corrected chi connectivity index (χ3v) is 3.31. The number of nitrogens with one attached hydrogen (secondary N) is 1.